The molecular formula is C51H47N3O. The van der Waals surface area contributed by atoms with Crippen LogP contribution in [0, 0.1) is 6.85 Å². The Bertz CT molecular complexity index is 2790. The summed E-state index contributed by atoms with van der Waals surface area (Å²) in [4.78, 5) is 10.2. The number of aromatic hydroxyl groups is 1. The smallest absolute Gasteiger partial charge is 0.149 e. The summed E-state index contributed by atoms with van der Waals surface area (Å²) in [5.41, 5.74) is 12.9. The molecule has 8 aromatic rings. The average Bonchev–Trinajstić information content (AvgIpc) is 3.59. The lowest BCUT2D eigenvalue weighted by Gasteiger charge is -2.22. The van der Waals surface area contributed by atoms with E-state index < -0.39 is 6.85 Å². The molecule has 0 radical (unpaired) electrons. The Kier molecular flexibility index (Phi) is 8.11. The fraction of sp³-hybridized carbons (Fsp3) is 0.176. The highest BCUT2D eigenvalue weighted by Gasteiger charge is 2.24. The van der Waals surface area contributed by atoms with Gasteiger partial charge in [-0.25, -0.2) is 4.98 Å². The van der Waals surface area contributed by atoms with Crippen LogP contribution in [0.15, 0.2) is 152 Å². The van der Waals surface area contributed by atoms with Crippen molar-refractivity contribution in [3.05, 3.63) is 168 Å². The molecule has 55 heavy (non-hydrogen) atoms. The fourth-order valence-electron chi connectivity index (χ4n) is 7.29. The summed E-state index contributed by atoms with van der Waals surface area (Å²) in [7, 11) is 0. The van der Waals surface area contributed by atoms with Gasteiger partial charge in [0.05, 0.1) is 28.0 Å². The Balaban J connectivity index is 1.39. The van der Waals surface area contributed by atoms with E-state index >= 15 is 0 Å². The first-order valence-electron chi connectivity index (χ1n) is 20.3. The number of hydrogen-bond acceptors (Lipinski definition) is 3. The zero-order valence-corrected chi connectivity index (χ0v) is 32.2. The van der Waals surface area contributed by atoms with Crippen molar-refractivity contribution in [2.24, 2.45) is 0 Å². The lowest BCUT2D eigenvalue weighted by Crippen LogP contribution is -2.11. The molecule has 0 amide bonds. The number of fused-ring (bicyclic) bond motifs is 1. The molecule has 0 saturated heterocycles. The van der Waals surface area contributed by atoms with Crippen molar-refractivity contribution in [1.29, 1.82) is 0 Å². The zero-order chi connectivity index (χ0) is 41.0. The molecule has 0 unspecified atom stereocenters. The Morgan fingerprint density at radius 3 is 1.98 bits per heavy atom. The number of rotatable bonds is 6. The predicted octanol–water partition coefficient (Wildman–Crippen LogP) is 13.4. The molecule has 0 bridgehead atoms. The number of hydrogen-bond donors (Lipinski definition) is 1. The average molecular weight is 721 g/mol. The van der Waals surface area contributed by atoms with E-state index in [1.165, 1.54) is 5.56 Å². The molecule has 0 aliphatic rings. The van der Waals surface area contributed by atoms with Crippen LogP contribution in [-0.4, -0.2) is 19.6 Å². The van der Waals surface area contributed by atoms with Crippen LogP contribution in [0.3, 0.4) is 0 Å². The summed E-state index contributed by atoms with van der Waals surface area (Å²) in [6, 6.07) is 48.2. The normalized spacial score (nSPS) is 13.0. The Morgan fingerprint density at radius 1 is 0.545 bits per heavy atom. The highest BCUT2D eigenvalue weighted by atomic mass is 16.3. The van der Waals surface area contributed by atoms with Crippen molar-refractivity contribution in [1.82, 2.24) is 14.5 Å². The Hall–Kier alpha value is -6.26. The van der Waals surface area contributed by atoms with Crippen LogP contribution in [0.4, 0.5) is 0 Å². The van der Waals surface area contributed by atoms with Gasteiger partial charge >= 0.3 is 0 Å². The van der Waals surface area contributed by atoms with Gasteiger partial charge in [0.2, 0.25) is 0 Å². The molecule has 0 aliphatic heterocycles. The first kappa shape index (κ1) is 32.2. The summed E-state index contributed by atoms with van der Waals surface area (Å²) < 4.78 is 27.0. The van der Waals surface area contributed by atoms with Gasteiger partial charge in [0.25, 0.3) is 0 Å². The van der Waals surface area contributed by atoms with Crippen LogP contribution in [0.25, 0.3) is 72.7 Å². The van der Waals surface area contributed by atoms with Crippen LogP contribution in [0.1, 0.15) is 62.3 Å². The van der Waals surface area contributed by atoms with Crippen LogP contribution >= 0.6 is 0 Å². The number of aromatic nitrogens is 3. The molecule has 0 atom stereocenters. The van der Waals surface area contributed by atoms with Crippen molar-refractivity contribution in [3.8, 4) is 67.5 Å². The van der Waals surface area contributed by atoms with Crippen molar-refractivity contribution in [2.45, 2.75) is 59.2 Å². The summed E-state index contributed by atoms with van der Waals surface area (Å²) in [5.74, 6) is 0.636. The number of phenols is 1. The van der Waals surface area contributed by atoms with Gasteiger partial charge in [-0.05, 0) is 106 Å². The second kappa shape index (κ2) is 13.9. The van der Waals surface area contributed by atoms with Gasteiger partial charge in [-0.15, -0.1) is 0 Å². The van der Waals surface area contributed by atoms with Gasteiger partial charge in [-0.1, -0.05) is 138 Å². The van der Waals surface area contributed by atoms with Crippen molar-refractivity contribution < 1.29 is 9.22 Å². The van der Waals surface area contributed by atoms with E-state index in [-0.39, 0.29) is 22.1 Å². The molecule has 0 spiro atoms. The maximum atomic E-state index is 11.3. The molecule has 2 aromatic heterocycles. The van der Waals surface area contributed by atoms with E-state index in [1.807, 2.05) is 60.8 Å². The van der Waals surface area contributed by atoms with Crippen LogP contribution < -0.4 is 0 Å². The molecule has 4 heteroatoms. The van der Waals surface area contributed by atoms with Gasteiger partial charge in [-0.3, -0.25) is 9.55 Å². The SMILES string of the molecule is [2H]C([2H])([2H])c1ccc(-n2c(-c3ccccc3O)nc3c(-c4cc(-c5cc(-c6ccccc6)ccn5)cc(C(C)(C)C)c4)cccc32)c(-c2ccc(C(C)(C)C)cc2)c1. The van der Waals surface area contributed by atoms with Gasteiger partial charge < -0.3 is 5.11 Å². The van der Waals surface area contributed by atoms with Gasteiger partial charge in [0.1, 0.15) is 11.6 Å². The molecule has 4 nitrogen and oxygen atoms in total. The number of aryl methyl sites for hydroxylation is 1. The highest BCUT2D eigenvalue weighted by molar-refractivity contribution is 5.97. The molecule has 6 aromatic carbocycles. The first-order valence-corrected chi connectivity index (χ1v) is 18.8. The number of nitrogens with zero attached hydrogens (tertiary/aromatic N) is 3. The van der Waals surface area contributed by atoms with Crippen molar-refractivity contribution in [3.63, 3.8) is 0 Å². The van der Waals surface area contributed by atoms with E-state index in [4.69, 9.17) is 14.1 Å². The van der Waals surface area contributed by atoms with Gasteiger partial charge in [0, 0.05) is 27.0 Å². The maximum Gasteiger partial charge on any atom is 0.149 e. The maximum absolute atomic E-state index is 11.3. The molecule has 8 rings (SSSR count). The van der Waals surface area contributed by atoms with Crippen molar-refractivity contribution in [2.75, 3.05) is 0 Å². The Labute approximate surface area is 329 Å². The third kappa shape index (κ3) is 6.97. The third-order valence-electron chi connectivity index (χ3n) is 10.4. The molecule has 0 fully saturated rings. The number of benzene rings is 6. The van der Waals surface area contributed by atoms with Crippen molar-refractivity contribution >= 4 is 11.0 Å². The van der Waals surface area contributed by atoms with Crippen LogP contribution in [-0.2, 0) is 10.8 Å². The number of phenolic OH excluding ortho intramolecular Hbond substituents is 1. The summed E-state index contributed by atoms with van der Waals surface area (Å²) in [6.07, 6.45) is 1.87. The van der Waals surface area contributed by atoms with Gasteiger partial charge in [0.15, 0.2) is 0 Å². The minimum absolute atomic E-state index is 0.0538. The molecular weight excluding hydrogens is 671 g/mol. The first-order chi connectivity index (χ1) is 27.6. The second-order valence-electron chi connectivity index (χ2n) is 16.4. The van der Waals surface area contributed by atoms with E-state index in [1.54, 1.807) is 24.3 Å². The lowest BCUT2D eigenvalue weighted by atomic mass is 9.83. The van der Waals surface area contributed by atoms with E-state index in [0.717, 1.165) is 66.9 Å². The minimum atomic E-state index is -2.31. The molecule has 1 N–H and O–H groups in total. The second-order valence-corrected chi connectivity index (χ2v) is 16.4. The third-order valence-corrected chi connectivity index (χ3v) is 10.4. The van der Waals surface area contributed by atoms with Crippen LogP contribution in [0.5, 0.6) is 5.75 Å². The molecule has 272 valence electrons. The number of para-hydroxylation sites is 2. The minimum Gasteiger partial charge on any atom is -0.507 e. The van der Waals surface area contributed by atoms with E-state index in [9.17, 15) is 5.11 Å². The van der Waals surface area contributed by atoms with E-state index in [2.05, 4.69) is 113 Å². The topological polar surface area (TPSA) is 50.9 Å². The predicted molar refractivity (Wildman–Crippen MR) is 230 cm³/mol. The summed E-state index contributed by atoms with van der Waals surface area (Å²) in [5, 5.41) is 11.3. The lowest BCUT2D eigenvalue weighted by molar-refractivity contribution is 0.477. The summed E-state index contributed by atoms with van der Waals surface area (Å²) in [6.45, 7) is 10.9. The highest BCUT2D eigenvalue weighted by Crippen LogP contribution is 2.42. The molecule has 2 heterocycles. The van der Waals surface area contributed by atoms with Crippen LogP contribution in [0.2, 0.25) is 0 Å². The fourth-order valence-corrected chi connectivity index (χ4v) is 7.29. The largest absolute Gasteiger partial charge is 0.507 e. The Morgan fingerprint density at radius 2 is 1.25 bits per heavy atom. The quantitative estimate of drug-likeness (QED) is 0.186. The standard InChI is InChI=1S/C51H47N3O/c1-33-20-25-45(43(28-33)35-21-23-39(24-22-35)50(2,3)4)54-46-18-13-17-41(48(46)53-49(54)42-16-11-12-19-47(42)55)37-29-38(31-40(30-37)51(5,6)7)44-32-36(26-27-52-44)34-14-9-8-10-15-34/h8-32,55H,1-7H3/i1D3. The molecule has 0 aliphatic carbocycles. The monoisotopic (exact) mass is 720 g/mol. The zero-order valence-electron chi connectivity index (χ0n) is 35.2. The van der Waals surface area contributed by atoms with E-state index in [0.29, 0.717) is 11.4 Å². The number of imidazole rings is 1. The summed E-state index contributed by atoms with van der Waals surface area (Å²) >= 11 is 0. The number of pyridine rings is 1. The molecule has 0 saturated carbocycles. The van der Waals surface area contributed by atoms with Gasteiger partial charge in [-0.2, -0.15) is 0 Å².